The third-order valence-electron chi connectivity index (χ3n) is 4.57. The summed E-state index contributed by atoms with van der Waals surface area (Å²) in [6.07, 6.45) is -4.05. The first kappa shape index (κ1) is 30.8. The maximum Gasteiger partial charge on any atom is 0.303 e. The van der Waals surface area contributed by atoms with Gasteiger partial charge in [0.1, 0.15) is 29.2 Å². The number of thioether (sulfide) groups is 1. The third kappa shape index (κ3) is 9.77. The SMILES string of the molecule is CC(=O)N[C@@H]1[C@@H](OC(C)=O)[C@@H](N/C=C(/C#N)SC(C)(C)C)[C@H](OC(C)=O)[C@H](OC(C)=O)[C@@H]1OC(C)=O. The molecule has 1 amide bonds. The number of carbonyl (C=O) groups excluding carboxylic acids is 5. The monoisotopic (exact) mass is 527 g/mol. The van der Waals surface area contributed by atoms with E-state index in [0.29, 0.717) is 0 Å². The van der Waals surface area contributed by atoms with Crippen LogP contribution < -0.4 is 10.6 Å². The van der Waals surface area contributed by atoms with Crippen molar-refractivity contribution in [1.82, 2.24) is 10.6 Å². The molecule has 0 saturated heterocycles. The van der Waals surface area contributed by atoms with Gasteiger partial charge in [-0.15, -0.1) is 11.8 Å². The fraction of sp³-hybridized carbons (Fsp3) is 0.652. The van der Waals surface area contributed by atoms with E-state index in [2.05, 4.69) is 16.7 Å². The first-order valence-corrected chi connectivity index (χ1v) is 11.9. The molecule has 0 aromatic carbocycles. The largest absolute Gasteiger partial charge is 0.458 e. The molecule has 0 aromatic heterocycles. The molecule has 0 aliphatic heterocycles. The van der Waals surface area contributed by atoms with Crippen molar-refractivity contribution in [2.75, 3.05) is 0 Å². The molecular weight excluding hydrogens is 494 g/mol. The highest BCUT2D eigenvalue weighted by atomic mass is 32.2. The van der Waals surface area contributed by atoms with Crippen LogP contribution in [-0.2, 0) is 42.9 Å². The Labute approximate surface area is 214 Å². The molecule has 2 N–H and O–H groups in total. The topological polar surface area (TPSA) is 170 Å². The Morgan fingerprint density at radius 1 is 0.750 bits per heavy atom. The Morgan fingerprint density at radius 2 is 1.17 bits per heavy atom. The Kier molecular flexibility index (Phi) is 11.2. The van der Waals surface area contributed by atoms with Gasteiger partial charge in [0.15, 0.2) is 18.3 Å². The van der Waals surface area contributed by atoms with Crippen LogP contribution in [0, 0.1) is 11.3 Å². The van der Waals surface area contributed by atoms with Crippen LogP contribution in [0.4, 0.5) is 0 Å². The Morgan fingerprint density at radius 3 is 1.56 bits per heavy atom. The maximum absolute atomic E-state index is 12.1. The lowest BCUT2D eigenvalue weighted by Crippen LogP contribution is -2.73. The fourth-order valence-corrected chi connectivity index (χ4v) is 4.53. The fourth-order valence-electron chi connectivity index (χ4n) is 3.70. The molecule has 0 unspecified atom stereocenters. The van der Waals surface area contributed by atoms with Crippen molar-refractivity contribution in [2.24, 2.45) is 0 Å². The quantitative estimate of drug-likeness (QED) is 0.262. The minimum Gasteiger partial charge on any atom is -0.458 e. The molecule has 1 aliphatic rings. The van der Waals surface area contributed by atoms with Gasteiger partial charge in [0.2, 0.25) is 5.91 Å². The lowest BCUT2D eigenvalue weighted by atomic mass is 9.80. The summed E-state index contributed by atoms with van der Waals surface area (Å²) in [5.74, 6) is -3.63. The standard InChI is InChI=1S/C23H33N3O9S/c1-11(27)26-18-19(32-12(2)28)17(25-10-16(9-24)36-23(6,7)8)20(33-13(3)29)22(35-15(5)31)21(18)34-14(4)30/h10,17-22,25H,1-8H3,(H,26,27)/b16-10-/t17-,18-,19+,20+,21-,22+/m1/s1. The van der Waals surface area contributed by atoms with E-state index in [1.165, 1.54) is 24.9 Å². The minimum atomic E-state index is -1.40. The van der Waals surface area contributed by atoms with Crippen molar-refractivity contribution in [3.8, 4) is 6.07 Å². The number of carbonyl (C=O) groups is 5. The highest BCUT2D eigenvalue weighted by Gasteiger charge is 2.57. The lowest BCUT2D eigenvalue weighted by molar-refractivity contribution is -0.212. The first-order valence-electron chi connectivity index (χ1n) is 11.1. The first-order chi connectivity index (χ1) is 16.5. The zero-order chi connectivity index (χ0) is 27.8. The van der Waals surface area contributed by atoms with Crippen LogP contribution in [0.1, 0.15) is 55.4 Å². The number of hydrogen-bond acceptors (Lipinski definition) is 12. The second-order valence-corrected chi connectivity index (χ2v) is 10.9. The van der Waals surface area contributed by atoms with Gasteiger partial charge in [0.25, 0.3) is 0 Å². The number of hydrogen-bond donors (Lipinski definition) is 2. The van der Waals surface area contributed by atoms with E-state index in [0.717, 1.165) is 27.7 Å². The molecule has 1 rings (SSSR count). The van der Waals surface area contributed by atoms with E-state index in [1.54, 1.807) is 0 Å². The van der Waals surface area contributed by atoms with Crippen molar-refractivity contribution in [1.29, 1.82) is 5.26 Å². The van der Waals surface area contributed by atoms with Crippen LogP contribution >= 0.6 is 11.8 Å². The van der Waals surface area contributed by atoms with Crippen molar-refractivity contribution >= 4 is 41.5 Å². The van der Waals surface area contributed by atoms with E-state index in [4.69, 9.17) is 18.9 Å². The van der Waals surface area contributed by atoms with Gasteiger partial charge in [-0.25, -0.2) is 0 Å². The van der Waals surface area contributed by atoms with Gasteiger partial charge in [-0.05, 0) is 0 Å². The van der Waals surface area contributed by atoms with E-state index >= 15 is 0 Å². The van der Waals surface area contributed by atoms with Crippen molar-refractivity contribution in [3.63, 3.8) is 0 Å². The van der Waals surface area contributed by atoms with Gasteiger partial charge in [-0.1, -0.05) is 20.8 Å². The van der Waals surface area contributed by atoms with E-state index in [1.807, 2.05) is 20.8 Å². The number of nitrogens with zero attached hydrogens (tertiary/aromatic N) is 1. The number of nitriles is 1. The Balaban J connectivity index is 3.76. The molecule has 0 aromatic rings. The van der Waals surface area contributed by atoms with Gasteiger partial charge in [0.05, 0.1) is 0 Å². The average molecular weight is 528 g/mol. The van der Waals surface area contributed by atoms with E-state index in [9.17, 15) is 29.2 Å². The second kappa shape index (κ2) is 13.2. The summed E-state index contributed by atoms with van der Waals surface area (Å²) in [6.45, 7) is 11.4. The van der Waals surface area contributed by atoms with Gasteiger partial charge >= 0.3 is 23.9 Å². The number of esters is 4. The van der Waals surface area contributed by atoms with Crippen LogP contribution in [0.5, 0.6) is 0 Å². The molecule has 6 atom stereocenters. The molecule has 200 valence electrons. The normalized spacial score (nSPS) is 26.0. The minimum absolute atomic E-state index is 0.257. The van der Waals surface area contributed by atoms with Crippen molar-refractivity contribution < 1.29 is 42.9 Å². The molecule has 36 heavy (non-hydrogen) atoms. The number of rotatable bonds is 8. The second-order valence-electron chi connectivity index (χ2n) is 9.05. The highest BCUT2D eigenvalue weighted by molar-refractivity contribution is 8.04. The molecule has 13 heteroatoms. The van der Waals surface area contributed by atoms with E-state index in [-0.39, 0.29) is 9.65 Å². The molecule has 1 fully saturated rings. The van der Waals surface area contributed by atoms with Crippen LogP contribution in [0.15, 0.2) is 11.1 Å². The molecule has 0 radical (unpaired) electrons. The third-order valence-corrected chi connectivity index (χ3v) is 5.62. The molecule has 0 heterocycles. The highest BCUT2D eigenvalue weighted by Crippen LogP contribution is 2.33. The smallest absolute Gasteiger partial charge is 0.303 e. The summed E-state index contributed by atoms with van der Waals surface area (Å²) < 4.78 is 21.5. The summed E-state index contributed by atoms with van der Waals surface area (Å²) >= 11 is 1.25. The predicted octanol–water partition coefficient (Wildman–Crippen LogP) is 1.09. The molecular formula is C23H33N3O9S. The summed E-state index contributed by atoms with van der Waals surface area (Å²) in [7, 11) is 0. The number of ether oxygens (including phenoxy) is 4. The molecule has 0 spiro atoms. The van der Waals surface area contributed by atoms with Gasteiger partial charge in [-0.2, -0.15) is 5.26 Å². The predicted molar refractivity (Wildman–Crippen MR) is 128 cm³/mol. The number of allylic oxidation sites excluding steroid dienone is 1. The summed E-state index contributed by atoms with van der Waals surface area (Å²) in [4.78, 5) is 60.4. The zero-order valence-electron chi connectivity index (χ0n) is 21.6. The molecule has 0 bridgehead atoms. The Hall–Kier alpha value is -3.27. The summed E-state index contributed by atoms with van der Waals surface area (Å²) in [5.41, 5.74) is 0. The molecule has 1 aliphatic carbocycles. The molecule has 12 nitrogen and oxygen atoms in total. The van der Waals surface area contributed by atoms with E-state index < -0.39 is 66.3 Å². The molecule has 1 saturated carbocycles. The van der Waals surface area contributed by atoms with Crippen LogP contribution in [0.3, 0.4) is 0 Å². The van der Waals surface area contributed by atoms with Crippen molar-refractivity contribution in [3.05, 3.63) is 11.1 Å². The number of amides is 1. The van der Waals surface area contributed by atoms with Crippen LogP contribution in [0.2, 0.25) is 0 Å². The van der Waals surface area contributed by atoms with Crippen LogP contribution in [0.25, 0.3) is 0 Å². The summed E-state index contributed by atoms with van der Waals surface area (Å²) in [5, 5.41) is 15.1. The van der Waals surface area contributed by atoms with Gasteiger partial charge < -0.3 is 29.6 Å². The zero-order valence-corrected chi connectivity index (χ0v) is 22.4. The van der Waals surface area contributed by atoms with Crippen LogP contribution in [-0.4, -0.2) is 71.0 Å². The summed E-state index contributed by atoms with van der Waals surface area (Å²) in [6, 6.07) is -0.287. The lowest BCUT2D eigenvalue weighted by Gasteiger charge is -2.48. The van der Waals surface area contributed by atoms with Gasteiger partial charge in [-0.3, -0.25) is 24.0 Å². The average Bonchev–Trinajstić information content (AvgIpc) is 2.69. The Bertz CT molecular complexity index is 894. The van der Waals surface area contributed by atoms with Crippen molar-refractivity contribution in [2.45, 2.75) is 96.6 Å². The van der Waals surface area contributed by atoms with Gasteiger partial charge in [0, 0.05) is 45.6 Å². The number of nitrogens with one attached hydrogen (secondary N) is 2. The maximum atomic E-state index is 12.1.